The van der Waals surface area contributed by atoms with E-state index in [9.17, 15) is 14.4 Å². The van der Waals surface area contributed by atoms with Gasteiger partial charge in [-0.25, -0.2) is 0 Å². The molecular weight excluding hydrogens is 793 g/mol. The highest BCUT2D eigenvalue weighted by Gasteiger charge is 2.22. The Hall–Kier alpha value is -8.43. The molecule has 12 aromatic rings. The van der Waals surface area contributed by atoms with E-state index in [0.29, 0.717) is 105 Å². The maximum Gasteiger partial charge on any atom is 0.204 e. The highest BCUT2D eigenvalue weighted by atomic mass is 16.5. The van der Waals surface area contributed by atoms with Crippen molar-refractivity contribution in [2.75, 3.05) is 21.3 Å². The van der Waals surface area contributed by atoms with Crippen molar-refractivity contribution in [3.05, 3.63) is 170 Å². The quantitative estimate of drug-likeness (QED) is 0.123. The van der Waals surface area contributed by atoms with E-state index in [0.717, 1.165) is 32.7 Å². The average Bonchev–Trinajstić information content (AvgIpc) is 3.32. The minimum atomic E-state index is -0.240. The highest BCUT2D eigenvalue weighted by Crippen LogP contribution is 2.42. The lowest BCUT2D eigenvalue weighted by molar-refractivity contribution is 0.414. The lowest BCUT2D eigenvalue weighted by Crippen LogP contribution is -2.06. The van der Waals surface area contributed by atoms with Crippen LogP contribution in [0.4, 0.5) is 0 Å². The van der Waals surface area contributed by atoms with Crippen LogP contribution in [0.5, 0.6) is 17.2 Å². The Bertz CT molecular complexity index is 4180. The maximum atomic E-state index is 15.0. The van der Waals surface area contributed by atoms with Crippen LogP contribution in [0.25, 0.3) is 120 Å². The van der Waals surface area contributed by atoms with Crippen molar-refractivity contribution in [3.8, 4) is 39.5 Å². The fourth-order valence-electron chi connectivity index (χ4n) is 9.28. The summed E-state index contributed by atoms with van der Waals surface area (Å²) in [6.07, 6.45) is 0. The third kappa shape index (κ3) is 5.32. The Labute approximate surface area is 355 Å². The Morgan fingerprint density at radius 1 is 0.365 bits per heavy atom. The largest absolute Gasteiger partial charge is 0.497 e. The predicted octanol–water partition coefficient (Wildman–Crippen LogP) is 12.3. The zero-order chi connectivity index (χ0) is 42.7. The van der Waals surface area contributed by atoms with Crippen LogP contribution in [-0.2, 0) is 0 Å². The predicted molar refractivity (Wildman–Crippen MR) is 250 cm³/mol. The zero-order valence-corrected chi connectivity index (χ0v) is 34.0. The fraction of sp³-hybridized carbons (Fsp3) is 0.0556. The van der Waals surface area contributed by atoms with Gasteiger partial charge in [0.2, 0.25) is 16.3 Å². The summed E-state index contributed by atoms with van der Waals surface area (Å²) in [5.41, 5.74) is 4.67. The van der Waals surface area contributed by atoms with E-state index in [-0.39, 0.29) is 16.3 Å². The van der Waals surface area contributed by atoms with Crippen molar-refractivity contribution in [2.24, 2.45) is 0 Å². The van der Waals surface area contributed by atoms with Gasteiger partial charge in [0.15, 0.2) is 0 Å². The molecule has 3 aromatic heterocycles. The van der Waals surface area contributed by atoms with Crippen molar-refractivity contribution < 1.29 is 27.5 Å². The number of methoxy groups -OCH3 is 3. The molecule has 9 heteroatoms. The molecule has 0 spiro atoms. The molecule has 0 fully saturated rings. The molecule has 302 valence electrons. The lowest BCUT2D eigenvalue weighted by atomic mass is 9.91. The SMILES string of the molecule is COc1ccc2c(=O)c3c(ccc4ccc(-c5cc6ccc(-c7cc8ccccc8c8c(=O)c9c(OC)cccc9oc78)cc6c6c(=O)c7cc(OC)ccc7oc56)cc43)oc2c1. The molecule has 9 nitrogen and oxygen atoms in total. The van der Waals surface area contributed by atoms with Gasteiger partial charge in [0, 0.05) is 17.2 Å². The van der Waals surface area contributed by atoms with Gasteiger partial charge in [0.1, 0.15) is 56.1 Å². The van der Waals surface area contributed by atoms with Crippen LogP contribution >= 0.6 is 0 Å². The zero-order valence-electron chi connectivity index (χ0n) is 34.0. The molecule has 0 aliphatic heterocycles. The minimum absolute atomic E-state index is 0.164. The van der Waals surface area contributed by atoms with E-state index in [2.05, 4.69) is 0 Å². The number of ether oxygens (including phenoxy) is 3. The normalized spacial score (nSPS) is 11.9. The number of hydrogen-bond acceptors (Lipinski definition) is 9. The lowest BCUT2D eigenvalue weighted by Gasteiger charge is -2.15. The van der Waals surface area contributed by atoms with Gasteiger partial charge in [-0.05, 0) is 116 Å². The van der Waals surface area contributed by atoms with Gasteiger partial charge in [-0.15, -0.1) is 0 Å². The van der Waals surface area contributed by atoms with Crippen molar-refractivity contribution in [1.82, 2.24) is 0 Å². The number of rotatable bonds is 5. The highest BCUT2D eigenvalue weighted by molar-refractivity contribution is 6.18. The third-order valence-electron chi connectivity index (χ3n) is 12.3. The molecule has 3 heterocycles. The summed E-state index contributed by atoms with van der Waals surface area (Å²) >= 11 is 0. The molecular formula is C54H32O9. The summed E-state index contributed by atoms with van der Waals surface area (Å²) in [4.78, 5) is 43.7. The van der Waals surface area contributed by atoms with E-state index in [1.54, 1.807) is 68.8 Å². The van der Waals surface area contributed by atoms with Crippen molar-refractivity contribution >= 4 is 98.1 Å². The van der Waals surface area contributed by atoms with Crippen molar-refractivity contribution in [3.63, 3.8) is 0 Å². The number of fused-ring (bicyclic) bond motifs is 12. The molecule has 0 N–H and O–H groups in total. The summed E-state index contributed by atoms with van der Waals surface area (Å²) in [5.74, 6) is 1.53. The van der Waals surface area contributed by atoms with E-state index in [1.807, 2.05) is 84.9 Å². The van der Waals surface area contributed by atoms with Crippen LogP contribution in [0.3, 0.4) is 0 Å². The fourth-order valence-corrected chi connectivity index (χ4v) is 9.28. The topological polar surface area (TPSA) is 118 Å². The summed E-state index contributed by atoms with van der Waals surface area (Å²) in [5, 5.41) is 6.97. The summed E-state index contributed by atoms with van der Waals surface area (Å²) in [7, 11) is 4.66. The van der Waals surface area contributed by atoms with Crippen molar-refractivity contribution in [1.29, 1.82) is 0 Å². The summed E-state index contributed by atoms with van der Waals surface area (Å²) < 4.78 is 36.2. The van der Waals surface area contributed by atoms with Gasteiger partial charge in [-0.2, -0.15) is 0 Å². The van der Waals surface area contributed by atoms with Crippen LogP contribution < -0.4 is 30.5 Å². The molecule has 0 unspecified atom stereocenters. The monoisotopic (exact) mass is 824 g/mol. The van der Waals surface area contributed by atoms with Crippen LogP contribution in [0.1, 0.15) is 0 Å². The first kappa shape index (κ1) is 36.4. The maximum absolute atomic E-state index is 15.0. The minimum Gasteiger partial charge on any atom is -0.497 e. The Balaban J connectivity index is 1.16. The van der Waals surface area contributed by atoms with E-state index >= 15 is 0 Å². The Morgan fingerprint density at radius 3 is 1.73 bits per heavy atom. The van der Waals surface area contributed by atoms with Crippen LogP contribution in [-0.4, -0.2) is 21.3 Å². The molecule has 0 bridgehead atoms. The molecule has 12 rings (SSSR count). The molecule has 0 aliphatic carbocycles. The third-order valence-corrected chi connectivity index (χ3v) is 12.3. The first-order chi connectivity index (χ1) is 30.8. The van der Waals surface area contributed by atoms with Gasteiger partial charge in [-0.1, -0.05) is 60.7 Å². The molecule has 0 saturated carbocycles. The van der Waals surface area contributed by atoms with Gasteiger partial charge in [0.25, 0.3) is 0 Å². The van der Waals surface area contributed by atoms with Gasteiger partial charge >= 0.3 is 0 Å². The standard InChI is InChI=1S/C54H32O9/c1-58-32-17-20-41-40(25-32)51(56)48-37-22-31(38-23-28-7-4-5-8-34(28)47-52(57)49-42(60-3)9-6-10-43(49)63-53(38)47)14-13-29(37)24-39(54(48)62-41)30-12-11-27-15-19-44-46(36(27)21-30)50(55)35-18-16-33(59-2)26-45(35)61-44/h4-26H,1-3H3. The first-order valence-electron chi connectivity index (χ1n) is 20.3. The first-order valence-corrected chi connectivity index (χ1v) is 20.3. The van der Waals surface area contributed by atoms with Gasteiger partial charge in [-0.3, -0.25) is 14.4 Å². The molecule has 0 atom stereocenters. The second-order valence-corrected chi connectivity index (χ2v) is 15.6. The second kappa shape index (κ2) is 13.5. The molecule has 0 aliphatic rings. The molecule has 0 amide bonds. The second-order valence-electron chi connectivity index (χ2n) is 15.6. The molecule has 63 heavy (non-hydrogen) atoms. The van der Waals surface area contributed by atoms with E-state index < -0.39 is 0 Å². The van der Waals surface area contributed by atoms with Crippen molar-refractivity contribution in [2.45, 2.75) is 0 Å². The van der Waals surface area contributed by atoms with Crippen LogP contribution in [0.15, 0.2) is 167 Å². The van der Waals surface area contributed by atoms with Crippen LogP contribution in [0, 0.1) is 0 Å². The molecule has 0 radical (unpaired) electrons. The molecule has 9 aromatic carbocycles. The van der Waals surface area contributed by atoms with Crippen LogP contribution in [0.2, 0.25) is 0 Å². The average molecular weight is 825 g/mol. The number of hydrogen-bond donors (Lipinski definition) is 0. The summed E-state index contributed by atoms with van der Waals surface area (Å²) in [6.45, 7) is 0. The Kier molecular flexibility index (Phi) is 7.83. The molecule has 0 saturated heterocycles. The van der Waals surface area contributed by atoms with E-state index in [4.69, 9.17) is 27.5 Å². The number of benzene rings is 9. The Morgan fingerprint density at radius 2 is 0.968 bits per heavy atom. The van der Waals surface area contributed by atoms with Gasteiger partial charge < -0.3 is 27.5 Å². The smallest absolute Gasteiger partial charge is 0.204 e. The summed E-state index contributed by atoms with van der Waals surface area (Å²) in [6, 6.07) is 42.9. The van der Waals surface area contributed by atoms with Gasteiger partial charge in [0.05, 0.1) is 48.3 Å². The van der Waals surface area contributed by atoms with E-state index in [1.165, 1.54) is 7.11 Å².